The van der Waals surface area contributed by atoms with Gasteiger partial charge in [0.05, 0.1) is 0 Å². The largest absolute Gasteiger partial charge is 0.0499 e. The molecule has 0 spiro atoms. The Hall–Kier alpha value is 0. The number of fused-ring (bicyclic) bond motifs is 1. The first-order valence-electron chi connectivity index (χ1n) is 3.47. The average molecular weight is 94.2 g/mol. The maximum atomic E-state index is 1.62. The molecule has 3 fully saturated rings. The van der Waals surface area contributed by atoms with Gasteiger partial charge in [-0.2, -0.15) is 0 Å². The summed E-state index contributed by atoms with van der Waals surface area (Å²) in [5, 5.41) is 0. The summed E-state index contributed by atoms with van der Waals surface area (Å²) in [5.41, 5.74) is 0. The summed E-state index contributed by atoms with van der Waals surface area (Å²) in [6, 6.07) is 0. The van der Waals surface area contributed by atoms with Crippen molar-refractivity contribution < 1.29 is 0 Å². The van der Waals surface area contributed by atoms with Gasteiger partial charge in [-0.3, -0.25) is 0 Å². The lowest BCUT2D eigenvalue weighted by atomic mass is 9.82. The first kappa shape index (κ1) is 3.11. The van der Waals surface area contributed by atoms with Gasteiger partial charge in [-0.05, 0) is 42.9 Å². The Morgan fingerprint density at radius 1 is 1.00 bits per heavy atom. The summed E-state index contributed by atoms with van der Waals surface area (Å²) in [6.07, 6.45) is 4.81. The smallest absolute Gasteiger partial charge is 0.0323 e. The van der Waals surface area contributed by atoms with Crippen LogP contribution in [0.2, 0.25) is 0 Å². The van der Waals surface area contributed by atoms with E-state index in [9.17, 15) is 0 Å². The minimum Gasteiger partial charge on any atom is -0.0499 e. The number of hydrogen-bond acceptors (Lipinski definition) is 0. The van der Waals surface area contributed by atoms with Gasteiger partial charge in [0.1, 0.15) is 0 Å². The molecule has 0 aromatic heterocycles. The molecule has 38 valence electrons. The van der Waals surface area contributed by atoms with Crippen LogP contribution in [0.3, 0.4) is 0 Å². The monoisotopic (exact) mass is 94.1 g/mol. The van der Waals surface area contributed by atoms with E-state index in [1.165, 1.54) is 23.7 Å². The first-order chi connectivity index (χ1) is 3.47. The van der Waals surface area contributed by atoms with E-state index in [1.54, 1.807) is 19.3 Å². The molecule has 3 aliphatic rings. The fraction of sp³-hybridized carbons (Fsp3) is 1.00. The zero-order valence-electron chi connectivity index (χ0n) is 4.43. The molecule has 2 unspecified atom stereocenters. The second kappa shape index (κ2) is 0.667. The Morgan fingerprint density at radius 3 is 2.14 bits per heavy atom. The van der Waals surface area contributed by atoms with Gasteiger partial charge in [0.25, 0.3) is 0 Å². The molecule has 0 N–H and O–H groups in total. The third-order valence-corrected chi connectivity index (χ3v) is 3.39. The normalized spacial score (nSPS) is 72.0. The zero-order chi connectivity index (χ0) is 4.43. The van der Waals surface area contributed by atoms with Crippen molar-refractivity contribution in [3.63, 3.8) is 0 Å². The van der Waals surface area contributed by atoms with E-state index in [0.29, 0.717) is 0 Å². The van der Waals surface area contributed by atoms with Crippen LogP contribution in [0, 0.1) is 23.7 Å². The van der Waals surface area contributed by atoms with Crippen LogP contribution >= 0.6 is 0 Å². The van der Waals surface area contributed by atoms with Crippen molar-refractivity contribution in [3.8, 4) is 0 Å². The molecule has 0 aromatic carbocycles. The predicted octanol–water partition coefficient (Wildman–Crippen LogP) is 1.66. The average Bonchev–Trinajstić information content (AvgIpc) is 2.02. The van der Waals surface area contributed by atoms with Crippen molar-refractivity contribution >= 4 is 0 Å². The molecule has 7 heavy (non-hydrogen) atoms. The van der Waals surface area contributed by atoms with Gasteiger partial charge in [0.2, 0.25) is 0 Å². The number of hydrogen-bond donors (Lipinski definition) is 0. The fourth-order valence-corrected chi connectivity index (χ4v) is 2.94. The maximum absolute atomic E-state index is 1.62. The van der Waals surface area contributed by atoms with Gasteiger partial charge in [-0.1, -0.05) is 0 Å². The third-order valence-electron chi connectivity index (χ3n) is 3.39. The molecular weight excluding hydrogens is 84.1 g/mol. The molecule has 0 amide bonds. The summed E-state index contributed by atoms with van der Waals surface area (Å²) in [7, 11) is 0. The van der Waals surface area contributed by atoms with Crippen LogP contribution in [-0.4, -0.2) is 0 Å². The van der Waals surface area contributed by atoms with Crippen LogP contribution in [-0.2, 0) is 0 Å². The minimum atomic E-state index is 1.23. The Balaban J connectivity index is 2.07. The van der Waals surface area contributed by atoms with E-state index in [1.807, 2.05) is 0 Å². The molecule has 3 rings (SSSR count). The van der Waals surface area contributed by atoms with Gasteiger partial charge in [-0.15, -0.1) is 0 Å². The second-order valence-corrected chi connectivity index (χ2v) is 3.48. The van der Waals surface area contributed by atoms with Crippen LogP contribution in [0.4, 0.5) is 0 Å². The molecular formula is C7H10. The highest BCUT2D eigenvalue weighted by atomic mass is 14.7. The predicted molar refractivity (Wildman–Crippen MR) is 27.8 cm³/mol. The van der Waals surface area contributed by atoms with Crippen LogP contribution in [0.1, 0.15) is 19.3 Å². The quantitative estimate of drug-likeness (QED) is 0.428. The van der Waals surface area contributed by atoms with Gasteiger partial charge >= 0.3 is 0 Å². The summed E-state index contributed by atoms with van der Waals surface area (Å²) in [4.78, 5) is 0. The van der Waals surface area contributed by atoms with E-state index < -0.39 is 0 Å². The van der Waals surface area contributed by atoms with Crippen molar-refractivity contribution in [2.45, 2.75) is 19.3 Å². The fourth-order valence-electron chi connectivity index (χ4n) is 2.94. The lowest BCUT2D eigenvalue weighted by molar-refractivity contribution is 0.270. The molecule has 0 radical (unpaired) electrons. The summed E-state index contributed by atoms with van der Waals surface area (Å²) < 4.78 is 0. The summed E-state index contributed by atoms with van der Waals surface area (Å²) in [6.45, 7) is 0. The topological polar surface area (TPSA) is 0 Å². The molecule has 0 heterocycles. The first-order valence-corrected chi connectivity index (χ1v) is 3.47. The van der Waals surface area contributed by atoms with Crippen molar-refractivity contribution in [1.82, 2.24) is 0 Å². The third kappa shape index (κ3) is 0.181. The van der Waals surface area contributed by atoms with Crippen molar-refractivity contribution in [1.29, 1.82) is 0 Å². The zero-order valence-corrected chi connectivity index (χ0v) is 4.43. The molecule has 0 saturated heterocycles. The Bertz CT molecular complexity index is 104. The van der Waals surface area contributed by atoms with E-state index in [0.717, 1.165) is 0 Å². The summed E-state index contributed by atoms with van der Waals surface area (Å²) >= 11 is 0. The van der Waals surface area contributed by atoms with Gasteiger partial charge < -0.3 is 0 Å². The molecule has 0 nitrogen and oxygen atoms in total. The Kier molecular flexibility index (Phi) is 0.296. The van der Waals surface area contributed by atoms with Crippen molar-refractivity contribution in [2.24, 2.45) is 23.7 Å². The minimum absolute atomic E-state index is 1.23. The molecule has 3 aliphatic carbocycles. The van der Waals surface area contributed by atoms with Crippen molar-refractivity contribution in [2.75, 3.05) is 0 Å². The van der Waals surface area contributed by atoms with Gasteiger partial charge in [0.15, 0.2) is 0 Å². The molecule has 0 aromatic rings. The Labute approximate surface area is 43.9 Å². The maximum Gasteiger partial charge on any atom is -0.0323 e. The van der Waals surface area contributed by atoms with Crippen LogP contribution in [0.15, 0.2) is 0 Å². The van der Waals surface area contributed by atoms with Crippen LogP contribution in [0.5, 0.6) is 0 Å². The molecule has 4 atom stereocenters. The highest BCUT2D eigenvalue weighted by molar-refractivity contribution is 5.14. The van der Waals surface area contributed by atoms with Crippen LogP contribution in [0.25, 0.3) is 0 Å². The highest BCUT2D eigenvalue weighted by Crippen LogP contribution is 2.72. The van der Waals surface area contributed by atoms with Gasteiger partial charge in [0, 0.05) is 0 Å². The highest BCUT2D eigenvalue weighted by Gasteiger charge is 2.65. The lowest BCUT2D eigenvalue weighted by Gasteiger charge is -2.23. The molecule has 3 saturated carbocycles. The van der Waals surface area contributed by atoms with E-state index in [4.69, 9.17) is 0 Å². The molecule has 0 aliphatic heterocycles. The Morgan fingerprint density at radius 2 is 2.00 bits per heavy atom. The number of rotatable bonds is 0. The summed E-state index contributed by atoms with van der Waals surface area (Å²) in [5.74, 6) is 5.03. The molecule has 0 bridgehead atoms. The van der Waals surface area contributed by atoms with E-state index in [-0.39, 0.29) is 0 Å². The molecule has 0 heteroatoms. The van der Waals surface area contributed by atoms with E-state index in [2.05, 4.69) is 0 Å². The SMILES string of the molecule is C1C[C@@H]2C3C[C@H]1C32. The van der Waals surface area contributed by atoms with Crippen LogP contribution < -0.4 is 0 Å². The van der Waals surface area contributed by atoms with Crippen molar-refractivity contribution in [3.05, 3.63) is 0 Å². The van der Waals surface area contributed by atoms with Gasteiger partial charge in [-0.25, -0.2) is 0 Å². The second-order valence-electron chi connectivity index (χ2n) is 3.48. The standard InChI is InChI=1S/C7H10/c1-2-5-6-3-4(1)7(5)6/h4-7H,1-3H2/t4-,5+,6?,7?/m0/s1. The van der Waals surface area contributed by atoms with E-state index >= 15 is 0 Å². The lowest BCUT2D eigenvalue weighted by Crippen LogP contribution is -2.14.